The lowest BCUT2D eigenvalue weighted by Crippen LogP contribution is -2.02. The van der Waals surface area contributed by atoms with E-state index in [1.165, 1.54) is 0 Å². The summed E-state index contributed by atoms with van der Waals surface area (Å²) in [5.74, 6) is -0.414. The Balaban J connectivity index is 2.86. The number of methoxy groups -OCH3 is 1. The fraction of sp³-hybridized carbons (Fsp3) is 0.429. The van der Waals surface area contributed by atoms with Crippen molar-refractivity contribution in [1.29, 1.82) is 0 Å². The zero-order chi connectivity index (χ0) is 9.84. The molecule has 0 fully saturated rings. The van der Waals surface area contributed by atoms with Crippen molar-refractivity contribution in [3.63, 3.8) is 0 Å². The van der Waals surface area contributed by atoms with Gasteiger partial charge in [0.25, 0.3) is 0 Å². The van der Waals surface area contributed by atoms with E-state index in [4.69, 9.17) is 27.9 Å². The Morgan fingerprint density at radius 1 is 1.31 bits per heavy atom. The van der Waals surface area contributed by atoms with Crippen LogP contribution in [0.3, 0.4) is 0 Å². The van der Waals surface area contributed by atoms with E-state index < -0.39 is 5.82 Å². The molecule has 1 aromatic rings. The maximum atomic E-state index is 12.8. The van der Waals surface area contributed by atoms with E-state index in [2.05, 4.69) is 9.97 Å². The molecule has 0 aliphatic carbocycles. The highest BCUT2D eigenvalue weighted by Gasteiger charge is 2.10. The van der Waals surface area contributed by atoms with Crippen LogP contribution in [0, 0.1) is 5.82 Å². The van der Waals surface area contributed by atoms with Crippen LogP contribution in [0.4, 0.5) is 4.39 Å². The Bertz CT molecular complexity index is 286. The lowest BCUT2D eigenvalue weighted by atomic mass is 10.4. The van der Waals surface area contributed by atoms with Crippen molar-refractivity contribution in [2.75, 3.05) is 13.7 Å². The molecule has 0 amide bonds. The number of rotatable bonds is 3. The molecule has 13 heavy (non-hydrogen) atoms. The summed E-state index contributed by atoms with van der Waals surface area (Å²) < 4.78 is 17.6. The predicted octanol–water partition coefficient (Wildman–Crippen LogP) is 2.11. The third-order valence-electron chi connectivity index (χ3n) is 1.35. The standard InChI is InChI=1S/C7H7Cl2FN2O/c1-13-3-2-4-11-6(8)5(10)7(9)12-4/h2-3H2,1H3. The van der Waals surface area contributed by atoms with Gasteiger partial charge < -0.3 is 4.74 Å². The Morgan fingerprint density at radius 3 is 2.31 bits per heavy atom. The lowest BCUT2D eigenvalue weighted by Gasteiger charge is -2.01. The van der Waals surface area contributed by atoms with Crippen molar-refractivity contribution in [1.82, 2.24) is 9.97 Å². The van der Waals surface area contributed by atoms with Gasteiger partial charge in [-0.3, -0.25) is 0 Å². The summed E-state index contributed by atoms with van der Waals surface area (Å²) in [4.78, 5) is 7.37. The SMILES string of the molecule is COCCc1nc(Cl)c(F)c(Cl)n1. The largest absolute Gasteiger partial charge is 0.384 e. The second-order valence-corrected chi connectivity index (χ2v) is 2.99. The van der Waals surface area contributed by atoms with Crippen LogP contribution in [-0.4, -0.2) is 23.7 Å². The highest BCUT2D eigenvalue weighted by Crippen LogP contribution is 2.18. The number of hydrogen-bond donors (Lipinski definition) is 0. The van der Waals surface area contributed by atoms with Crippen LogP contribution in [0.25, 0.3) is 0 Å². The molecule has 0 bridgehead atoms. The van der Waals surface area contributed by atoms with Crippen molar-refractivity contribution >= 4 is 23.2 Å². The summed E-state index contributed by atoms with van der Waals surface area (Å²) in [5, 5.41) is -0.516. The van der Waals surface area contributed by atoms with Crippen molar-refractivity contribution < 1.29 is 9.13 Å². The molecule has 0 unspecified atom stereocenters. The van der Waals surface area contributed by atoms with Gasteiger partial charge in [0.2, 0.25) is 0 Å². The van der Waals surface area contributed by atoms with E-state index in [1.807, 2.05) is 0 Å². The molecule has 3 nitrogen and oxygen atoms in total. The first kappa shape index (κ1) is 10.6. The average molecular weight is 225 g/mol. The normalized spacial score (nSPS) is 10.5. The minimum Gasteiger partial charge on any atom is -0.384 e. The first-order valence-electron chi connectivity index (χ1n) is 3.51. The van der Waals surface area contributed by atoms with Crippen LogP contribution in [0.5, 0.6) is 0 Å². The van der Waals surface area contributed by atoms with Crippen LogP contribution >= 0.6 is 23.2 Å². The summed E-state index contributed by atoms with van der Waals surface area (Å²) in [7, 11) is 1.55. The Kier molecular flexibility index (Phi) is 3.84. The Hall–Kier alpha value is -0.450. The molecule has 0 aliphatic heterocycles. The van der Waals surface area contributed by atoms with E-state index in [1.54, 1.807) is 7.11 Å². The quantitative estimate of drug-likeness (QED) is 0.739. The molecule has 0 N–H and O–H groups in total. The van der Waals surface area contributed by atoms with Gasteiger partial charge in [-0.05, 0) is 0 Å². The molecule has 0 radical (unpaired) electrons. The summed E-state index contributed by atoms with van der Waals surface area (Å²) in [6.07, 6.45) is 0.455. The van der Waals surface area contributed by atoms with Gasteiger partial charge >= 0.3 is 0 Å². The molecule has 0 saturated heterocycles. The Labute approximate surface area is 84.9 Å². The molecule has 0 aromatic carbocycles. The van der Waals surface area contributed by atoms with Crippen molar-refractivity contribution in [2.24, 2.45) is 0 Å². The third-order valence-corrected chi connectivity index (χ3v) is 1.85. The lowest BCUT2D eigenvalue weighted by molar-refractivity contribution is 0.200. The minimum absolute atomic E-state index is 0.258. The zero-order valence-electron chi connectivity index (χ0n) is 6.85. The molecule has 0 aliphatic rings. The van der Waals surface area contributed by atoms with Gasteiger partial charge in [0.15, 0.2) is 16.1 Å². The molecular formula is C7H7Cl2FN2O. The van der Waals surface area contributed by atoms with E-state index >= 15 is 0 Å². The molecule has 72 valence electrons. The number of nitrogens with zero attached hydrogens (tertiary/aromatic N) is 2. The molecule has 6 heteroatoms. The third kappa shape index (κ3) is 2.76. The molecule has 1 aromatic heterocycles. The molecule has 0 saturated carbocycles. The van der Waals surface area contributed by atoms with Crippen molar-refractivity contribution in [2.45, 2.75) is 6.42 Å². The maximum absolute atomic E-state index is 12.8. The van der Waals surface area contributed by atoms with Gasteiger partial charge in [0, 0.05) is 13.5 Å². The highest BCUT2D eigenvalue weighted by atomic mass is 35.5. The second-order valence-electron chi connectivity index (χ2n) is 2.28. The minimum atomic E-state index is -0.787. The van der Waals surface area contributed by atoms with Crippen molar-refractivity contribution in [3.05, 3.63) is 21.9 Å². The fourth-order valence-electron chi connectivity index (χ4n) is 0.740. The van der Waals surface area contributed by atoms with Crippen LogP contribution in [-0.2, 0) is 11.2 Å². The van der Waals surface area contributed by atoms with Gasteiger partial charge in [-0.2, -0.15) is 0 Å². The van der Waals surface area contributed by atoms with Crippen LogP contribution in [0.2, 0.25) is 10.3 Å². The first-order chi connectivity index (χ1) is 6.15. The summed E-state index contributed by atoms with van der Waals surface area (Å²) in [5.41, 5.74) is 0. The topological polar surface area (TPSA) is 35.0 Å². The first-order valence-corrected chi connectivity index (χ1v) is 4.27. The van der Waals surface area contributed by atoms with Gasteiger partial charge in [0.05, 0.1) is 6.61 Å². The number of halogens is 3. The van der Waals surface area contributed by atoms with Crippen molar-refractivity contribution in [3.8, 4) is 0 Å². The summed E-state index contributed by atoms with van der Waals surface area (Å²) in [6.45, 7) is 0.443. The number of ether oxygens (including phenoxy) is 1. The van der Waals surface area contributed by atoms with Crippen LogP contribution in [0.1, 0.15) is 5.82 Å². The second kappa shape index (κ2) is 4.69. The number of hydrogen-bond acceptors (Lipinski definition) is 3. The molecular weight excluding hydrogens is 218 g/mol. The molecule has 0 spiro atoms. The average Bonchev–Trinajstić information content (AvgIpc) is 2.10. The van der Waals surface area contributed by atoms with E-state index in [9.17, 15) is 4.39 Å². The Morgan fingerprint density at radius 2 is 1.85 bits per heavy atom. The number of aromatic nitrogens is 2. The van der Waals surface area contributed by atoms with E-state index in [0.717, 1.165) is 0 Å². The highest BCUT2D eigenvalue weighted by molar-refractivity contribution is 6.33. The smallest absolute Gasteiger partial charge is 0.197 e. The van der Waals surface area contributed by atoms with Gasteiger partial charge in [-0.1, -0.05) is 23.2 Å². The summed E-state index contributed by atoms with van der Waals surface area (Å²) in [6, 6.07) is 0. The predicted molar refractivity (Wildman–Crippen MR) is 47.6 cm³/mol. The maximum Gasteiger partial charge on any atom is 0.197 e. The molecule has 1 heterocycles. The zero-order valence-corrected chi connectivity index (χ0v) is 8.36. The van der Waals surface area contributed by atoms with Gasteiger partial charge in [-0.25, -0.2) is 14.4 Å². The van der Waals surface area contributed by atoms with Crippen LogP contribution < -0.4 is 0 Å². The monoisotopic (exact) mass is 224 g/mol. The van der Waals surface area contributed by atoms with Gasteiger partial charge in [0.1, 0.15) is 5.82 Å². The molecule has 0 atom stereocenters. The van der Waals surface area contributed by atoms with E-state index in [0.29, 0.717) is 18.9 Å². The summed E-state index contributed by atoms with van der Waals surface area (Å²) >= 11 is 10.9. The van der Waals surface area contributed by atoms with Crippen LogP contribution in [0.15, 0.2) is 0 Å². The fourth-order valence-corrected chi connectivity index (χ4v) is 1.16. The molecule has 1 rings (SSSR count). The van der Waals surface area contributed by atoms with E-state index in [-0.39, 0.29) is 10.3 Å². The van der Waals surface area contributed by atoms with Gasteiger partial charge in [-0.15, -0.1) is 0 Å².